The van der Waals surface area contributed by atoms with Crippen LogP contribution in [0.5, 0.6) is 11.5 Å². The van der Waals surface area contributed by atoms with Crippen molar-refractivity contribution < 1.29 is 14.6 Å². The van der Waals surface area contributed by atoms with Gasteiger partial charge < -0.3 is 20.5 Å². The molecule has 2 unspecified atom stereocenters. The number of ether oxygens (including phenoxy) is 1. The molecule has 126 valence electrons. The number of aliphatic hydroxyl groups is 1. The van der Waals surface area contributed by atoms with E-state index in [1.807, 2.05) is 48.5 Å². The zero-order valence-corrected chi connectivity index (χ0v) is 14.6. The topological polar surface area (TPSA) is 70.6 Å². The van der Waals surface area contributed by atoms with Crippen LogP contribution < -0.4 is 15.4 Å². The Labute approximate surface area is 149 Å². The lowest BCUT2D eigenvalue weighted by molar-refractivity contribution is -0.123. The van der Waals surface area contributed by atoms with Crippen molar-refractivity contribution in [3.05, 3.63) is 58.6 Å². The Kier molecular flexibility index (Phi) is 5.50. The summed E-state index contributed by atoms with van der Waals surface area (Å²) in [5, 5.41) is 15.4. The number of para-hydroxylation sites is 1. The molecule has 0 spiro atoms. The van der Waals surface area contributed by atoms with Crippen LogP contribution in [0.4, 0.5) is 0 Å². The van der Waals surface area contributed by atoms with Gasteiger partial charge in [0.1, 0.15) is 11.5 Å². The number of rotatable bonds is 5. The fourth-order valence-corrected chi connectivity index (χ4v) is 2.95. The summed E-state index contributed by atoms with van der Waals surface area (Å²) in [5.74, 6) is 1.32. The maximum atomic E-state index is 12.2. The summed E-state index contributed by atoms with van der Waals surface area (Å²) in [5.41, 5.74) is 0.883. The molecule has 2 atom stereocenters. The Balaban J connectivity index is 1.67. The zero-order valence-electron chi connectivity index (χ0n) is 13.0. The molecule has 3 rings (SSSR count). The molecule has 1 fully saturated rings. The lowest BCUT2D eigenvalue weighted by Gasteiger charge is -2.14. The van der Waals surface area contributed by atoms with Crippen molar-refractivity contribution in [1.82, 2.24) is 10.6 Å². The van der Waals surface area contributed by atoms with Gasteiger partial charge in [0, 0.05) is 23.1 Å². The van der Waals surface area contributed by atoms with Crippen LogP contribution in [0.15, 0.2) is 53.0 Å². The minimum Gasteiger partial charge on any atom is -0.457 e. The number of hydrogen-bond acceptors (Lipinski definition) is 4. The summed E-state index contributed by atoms with van der Waals surface area (Å²) in [6.07, 6.45) is -0.00934. The minimum atomic E-state index is -0.453. The second kappa shape index (κ2) is 7.79. The predicted molar refractivity (Wildman–Crippen MR) is 94.9 cm³/mol. The van der Waals surface area contributed by atoms with E-state index in [0.29, 0.717) is 25.3 Å². The molecule has 1 saturated heterocycles. The Hall–Kier alpha value is -1.89. The first-order chi connectivity index (χ1) is 11.6. The van der Waals surface area contributed by atoms with E-state index in [4.69, 9.17) is 4.74 Å². The number of amides is 1. The molecule has 0 bridgehead atoms. The van der Waals surface area contributed by atoms with Crippen LogP contribution >= 0.6 is 15.9 Å². The van der Waals surface area contributed by atoms with Crippen molar-refractivity contribution in [2.75, 3.05) is 6.54 Å². The highest BCUT2D eigenvalue weighted by atomic mass is 79.9. The van der Waals surface area contributed by atoms with Crippen LogP contribution in [0.3, 0.4) is 0 Å². The van der Waals surface area contributed by atoms with Crippen molar-refractivity contribution in [2.45, 2.75) is 25.1 Å². The van der Waals surface area contributed by atoms with E-state index in [2.05, 4.69) is 26.6 Å². The van der Waals surface area contributed by atoms with Gasteiger partial charge in [0.2, 0.25) is 5.91 Å². The van der Waals surface area contributed by atoms with Crippen LogP contribution in [0.1, 0.15) is 12.0 Å². The number of halogens is 1. The first-order valence-electron chi connectivity index (χ1n) is 7.82. The molecular weight excluding hydrogens is 372 g/mol. The van der Waals surface area contributed by atoms with Gasteiger partial charge in [0.05, 0.1) is 12.1 Å². The summed E-state index contributed by atoms with van der Waals surface area (Å²) in [4.78, 5) is 12.2. The molecule has 0 aromatic heterocycles. The second-order valence-corrected chi connectivity index (χ2v) is 6.65. The number of aliphatic hydroxyl groups excluding tert-OH is 1. The fraction of sp³-hybridized carbons (Fsp3) is 0.278. The molecule has 2 aromatic rings. The van der Waals surface area contributed by atoms with E-state index in [-0.39, 0.29) is 11.9 Å². The molecule has 24 heavy (non-hydrogen) atoms. The SMILES string of the molecule is O=C(NCc1ccc(Br)cc1Oc1ccccc1)C1CC(O)CN1. The standard InChI is InChI=1S/C18H19BrN2O3/c19-13-7-6-12(10-21-18(23)16-9-14(22)11-20-16)17(8-13)24-15-4-2-1-3-5-15/h1-8,14,16,20,22H,9-11H2,(H,21,23). The minimum absolute atomic E-state index is 0.111. The van der Waals surface area contributed by atoms with Crippen LogP contribution in [0, 0.1) is 0 Å². The van der Waals surface area contributed by atoms with E-state index in [0.717, 1.165) is 15.8 Å². The molecule has 3 N–H and O–H groups in total. The Morgan fingerprint density at radius 3 is 2.79 bits per heavy atom. The maximum absolute atomic E-state index is 12.2. The number of hydrogen-bond donors (Lipinski definition) is 3. The van der Waals surface area contributed by atoms with Crippen LogP contribution in [-0.2, 0) is 11.3 Å². The molecule has 5 nitrogen and oxygen atoms in total. The third kappa shape index (κ3) is 4.35. The van der Waals surface area contributed by atoms with Crippen molar-refractivity contribution in [2.24, 2.45) is 0 Å². The lowest BCUT2D eigenvalue weighted by atomic mass is 10.1. The van der Waals surface area contributed by atoms with Gasteiger partial charge in [-0.3, -0.25) is 4.79 Å². The van der Waals surface area contributed by atoms with E-state index in [1.54, 1.807) is 0 Å². The van der Waals surface area contributed by atoms with Gasteiger partial charge >= 0.3 is 0 Å². The van der Waals surface area contributed by atoms with Crippen LogP contribution in [-0.4, -0.2) is 29.7 Å². The van der Waals surface area contributed by atoms with Crippen molar-refractivity contribution in [3.63, 3.8) is 0 Å². The fourth-order valence-electron chi connectivity index (χ4n) is 2.61. The third-order valence-electron chi connectivity index (χ3n) is 3.88. The second-order valence-electron chi connectivity index (χ2n) is 5.74. The van der Waals surface area contributed by atoms with Crippen molar-refractivity contribution in [3.8, 4) is 11.5 Å². The number of carbonyl (C=O) groups excluding carboxylic acids is 1. The normalized spacial score (nSPS) is 19.9. The van der Waals surface area contributed by atoms with Crippen molar-refractivity contribution >= 4 is 21.8 Å². The predicted octanol–water partition coefficient (Wildman–Crippen LogP) is 2.58. The third-order valence-corrected chi connectivity index (χ3v) is 4.37. The van der Waals surface area contributed by atoms with Crippen molar-refractivity contribution in [1.29, 1.82) is 0 Å². The lowest BCUT2D eigenvalue weighted by Crippen LogP contribution is -2.40. The van der Waals surface area contributed by atoms with Gasteiger partial charge in [0.15, 0.2) is 0 Å². The summed E-state index contributed by atoms with van der Waals surface area (Å²) in [7, 11) is 0. The van der Waals surface area contributed by atoms with Gasteiger partial charge in [0.25, 0.3) is 0 Å². The quantitative estimate of drug-likeness (QED) is 0.733. The first-order valence-corrected chi connectivity index (χ1v) is 8.61. The van der Waals surface area contributed by atoms with E-state index in [1.165, 1.54) is 0 Å². The average Bonchev–Trinajstić information content (AvgIpc) is 3.01. The number of carbonyl (C=O) groups is 1. The Morgan fingerprint density at radius 2 is 2.08 bits per heavy atom. The molecule has 2 aromatic carbocycles. The Bertz CT molecular complexity index is 709. The summed E-state index contributed by atoms with van der Waals surface area (Å²) in [6.45, 7) is 0.821. The molecule has 1 aliphatic heterocycles. The first kappa shape index (κ1) is 17.0. The van der Waals surface area contributed by atoms with Gasteiger partial charge in [-0.1, -0.05) is 40.2 Å². The van der Waals surface area contributed by atoms with Gasteiger partial charge in [-0.25, -0.2) is 0 Å². The Morgan fingerprint density at radius 1 is 1.29 bits per heavy atom. The maximum Gasteiger partial charge on any atom is 0.237 e. The molecule has 0 saturated carbocycles. The summed E-state index contributed by atoms with van der Waals surface area (Å²) >= 11 is 3.45. The highest BCUT2D eigenvalue weighted by molar-refractivity contribution is 9.10. The molecular formula is C18H19BrN2O3. The van der Waals surface area contributed by atoms with Gasteiger partial charge in [-0.05, 0) is 30.7 Å². The highest BCUT2D eigenvalue weighted by Gasteiger charge is 2.27. The molecule has 1 aliphatic rings. The van der Waals surface area contributed by atoms with Crippen LogP contribution in [0.2, 0.25) is 0 Å². The summed E-state index contributed by atoms with van der Waals surface area (Å²) < 4.78 is 6.83. The number of benzene rings is 2. The van der Waals surface area contributed by atoms with E-state index < -0.39 is 6.10 Å². The molecule has 0 aliphatic carbocycles. The van der Waals surface area contributed by atoms with Gasteiger partial charge in [-0.15, -0.1) is 0 Å². The van der Waals surface area contributed by atoms with Gasteiger partial charge in [-0.2, -0.15) is 0 Å². The number of β-amino-alcohol motifs (C(OH)–C–C–N with tert-alkyl or cyclic N) is 1. The highest BCUT2D eigenvalue weighted by Crippen LogP contribution is 2.28. The van der Waals surface area contributed by atoms with E-state index in [9.17, 15) is 9.90 Å². The smallest absolute Gasteiger partial charge is 0.237 e. The number of nitrogens with one attached hydrogen (secondary N) is 2. The molecule has 1 heterocycles. The summed E-state index contributed by atoms with van der Waals surface area (Å²) in [6, 6.07) is 14.9. The average molecular weight is 391 g/mol. The zero-order chi connectivity index (χ0) is 16.9. The monoisotopic (exact) mass is 390 g/mol. The largest absolute Gasteiger partial charge is 0.457 e. The molecule has 6 heteroatoms. The molecule has 1 amide bonds. The van der Waals surface area contributed by atoms with Crippen LogP contribution in [0.25, 0.3) is 0 Å². The molecule has 0 radical (unpaired) electrons. The van der Waals surface area contributed by atoms with E-state index >= 15 is 0 Å².